The first-order valence-electron chi connectivity index (χ1n) is 13.4. The maximum Gasteiger partial charge on any atom is 0.414 e. The highest BCUT2D eigenvalue weighted by Gasteiger charge is 2.50. The number of amides is 2. The molecule has 0 aromatic rings. The molecule has 4 N–H and O–H groups in total. The van der Waals surface area contributed by atoms with E-state index in [9.17, 15) is 9.59 Å². The van der Waals surface area contributed by atoms with E-state index < -0.39 is 11.9 Å². The quantitative estimate of drug-likeness (QED) is 0.335. The van der Waals surface area contributed by atoms with E-state index in [2.05, 4.69) is 10.6 Å². The van der Waals surface area contributed by atoms with Crippen molar-refractivity contribution >= 4 is 24.1 Å². The smallest absolute Gasteiger partial charge is 0.414 e. The van der Waals surface area contributed by atoms with E-state index >= 15 is 0 Å². The Kier molecular flexibility index (Phi) is 10.4. The Balaban J connectivity index is 0.000000221. The van der Waals surface area contributed by atoms with Crippen LogP contribution in [0.3, 0.4) is 0 Å². The molecule has 0 atom stereocenters. The molecule has 2 amide bonds. The van der Waals surface area contributed by atoms with E-state index in [0.29, 0.717) is 0 Å². The number of hydrogen-bond donors (Lipinski definition) is 4. The molecule has 4 fully saturated rings. The predicted molar refractivity (Wildman–Crippen MR) is 140 cm³/mol. The van der Waals surface area contributed by atoms with E-state index in [-0.39, 0.29) is 34.5 Å². The fourth-order valence-corrected chi connectivity index (χ4v) is 5.11. The highest BCUT2D eigenvalue weighted by Crippen LogP contribution is 2.40. The first-order valence-corrected chi connectivity index (χ1v) is 13.4. The number of hydrogen-bond acceptors (Lipinski definition) is 8. The number of nitrogens with one attached hydrogen (secondary N) is 2. The predicted octanol–water partition coefficient (Wildman–Crippen LogP) is 2.65. The van der Waals surface area contributed by atoms with Crippen LogP contribution in [0.5, 0.6) is 0 Å². The Labute approximate surface area is 225 Å². The number of carbonyl (C=O) groups excluding carboxylic acids is 2. The van der Waals surface area contributed by atoms with Crippen molar-refractivity contribution in [3.63, 3.8) is 0 Å². The van der Waals surface area contributed by atoms with Crippen molar-refractivity contribution in [3.05, 3.63) is 0 Å². The van der Waals surface area contributed by atoms with Crippen LogP contribution in [0.2, 0.25) is 0 Å². The number of carboxylic acid groups (broad SMARTS) is 2. The second kappa shape index (κ2) is 12.5. The van der Waals surface area contributed by atoms with Crippen LogP contribution in [0.1, 0.15) is 80.1 Å². The van der Waals surface area contributed by atoms with Gasteiger partial charge in [0, 0.05) is 13.1 Å². The molecule has 0 bridgehead atoms. The lowest BCUT2D eigenvalue weighted by Crippen LogP contribution is -2.66. The Morgan fingerprint density at radius 3 is 1.08 bits per heavy atom. The zero-order valence-corrected chi connectivity index (χ0v) is 23.7. The van der Waals surface area contributed by atoms with Crippen molar-refractivity contribution in [2.75, 3.05) is 39.3 Å². The van der Waals surface area contributed by atoms with Crippen LogP contribution < -0.4 is 10.6 Å². The first-order chi connectivity index (χ1) is 17.5. The number of nitrogens with zero attached hydrogens (tertiary/aromatic N) is 2. The summed E-state index contributed by atoms with van der Waals surface area (Å²) in [7, 11) is 0. The molecule has 12 nitrogen and oxygen atoms in total. The highest BCUT2D eigenvalue weighted by molar-refractivity contribution is 6.27. The molecule has 0 saturated carbocycles. The number of likely N-dealkylation sites (tertiary alicyclic amines) is 2. The molecule has 4 aliphatic rings. The molecule has 12 heteroatoms. The molecule has 0 aromatic carbocycles. The lowest BCUT2D eigenvalue weighted by Gasteiger charge is -2.54. The van der Waals surface area contributed by atoms with Gasteiger partial charge in [-0.2, -0.15) is 0 Å². The van der Waals surface area contributed by atoms with Crippen LogP contribution in [0.15, 0.2) is 0 Å². The maximum absolute atomic E-state index is 12.0. The van der Waals surface area contributed by atoms with Gasteiger partial charge in [0.15, 0.2) is 0 Å². The van der Waals surface area contributed by atoms with Crippen molar-refractivity contribution in [1.29, 1.82) is 0 Å². The summed E-state index contributed by atoms with van der Waals surface area (Å²) in [5.41, 5.74) is -0.567. The van der Waals surface area contributed by atoms with Gasteiger partial charge in [-0.05, 0) is 106 Å². The molecule has 0 unspecified atom stereocenters. The first kappa shape index (κ1) is 31.6. The van der Waals surface area contributed by atoms with Gasteiger partial charge in [0.1, 0.15) is 11.2 Å². The summed E-state index contributed by atoms with van der Waals surface area (Å²) in [5, 5.41) is 21.5. The summed E-state index contributed by atoms with van der Waals surface area (Å²) in [5.74, 6) is -3.65. The minimum Gasteiger partial charge on any atom is -0.473 e. The van der Waals surface area contributed by atoms with Crippen molar-refractivity contribution < 1.29 is 38.9 Å². The zero-order valence-electron chi connectivity index (χ0n) is 23.7. The molecule has 2 spiro atoms. The standard InChI is InChI=1S/2C12H22N2O2.C2H2O4/c2*1-11(2,3)16-10(15)14-9-6-12(14)4-7-13-8-5-12;3-1(4)2(5)6/h2*13H,4-9H2,1-3H3;(H,3,4)(H,5,6). The fourth-order valence-electron chi connectivity index (χ4n) is 5.11. The minimum atomic E-state index is -1.82. The van der Waals surface area contributed by atoms with E-state index in [1.807, 2.05) is 51.3 Å². The summed E-state index contributed by atoms with van der Waals surface area (Å²) >= 11 is 0. The molecule has 0 aliphatic carbocycles. The van der Waals surface area contributed by atoms with Gasteiger partial charge in [-0.3, -0.25) is 0 Å². The third kappa shape index (κ3) is 8.72. The van der Waals surface area contributed by atoms with Gasteiger partial charge < -0.3 is 40.1 Å². The van der Waals surface area contributed by atoms with Gasteiger partial charge in [-0.25, -0.2) is 19.2 Å². The summed E-state index contributed by atoms with van der Waals surface area (Å²) in [6, 6.07) is 0. The Hall–Kier alpha value is -2.60. The van der Waals surface area contributed by atoms with Gasteiger partial charge in [0.05, 0.1) is 11.1 Å². The Morgan fingerprint density at radius 2 is 0.895 bits per heavy atom. The van der Waals surface area contributed by atoms with Crippen LogP contribution in [-0.4, -0.2) is 106 Å². The number of ether oxygens (including phenoxy) is 2. The number of aliphatic carboxylic acids is 2. The van der Waals surface area contributed by atoms with Crippen molar-refractivity contribution in [3.8, 4) is 0 Å². The maximum atomic E-state index is 12.0. The van der Waals surface area contributed by atoms with Crippen molar-refractivity contribution in [1.82, 2.24) is 20.4 Å². The van der Waals surface area contributed by atoms with Crippen molar-refractivity contribution in [2.45, 2.75) is 102 Å². The van der Waals surface area contributed by atoms with Gasteiger partial charge in [0.2, 0.25) is 0 Å². The lowest BCUT2D eigenvalue weighted by molar-refractivity contribution is -0.159. The Morgan fingerprint density at radius 1 is 0.605 bits per heavy atom. The minimum absolute atomic E-state index is 0.105. The second-order valence-electron chi connectivity index (χ2n) is 12.3. The monoisotopic (exact) mass is 542 g/mol. The number of rotatable bonds is 0. The van der Waals surface area contributed by atoms with Crippen LogP contribution in [0, 0.1) is 0 Å². The normalized spacial score (nSPS) is 21.4. The molecule has 4 aliphatic heterocycles. The average Bonchev–Trinajstić information content (AvgIpc) is 2.77. The van der Waals surface area contributed by atoms with E-state index in [1.165, 1.54) is 0 Å². The van der Waals surface area contributed by atoms with Crippen LogP contribution >= 0.6 is 0 Å². The average molecular weight is 543 g/mol. The molecular formula is C26H46N4O8. The number of piperidine rings is 2. The fraction of sp³-hybridized carbons (Fsp3) is 0.846. The van der Waals surface area contributed by atoms with Crippen LogP contribution in [0.25, 0.3) is 0 Å². The molecule has 4 heterocycles. The molecular weight excluding hydrogens is 496 g/mol. The molecule has 4 saturated heterocycles. The van der Waals surface area contributed by atoms with Crippen LogP contribution in [0.4, 0.5) is 9.59 Å². The summed E-state index contributed by atoms with van der Waals surface area (Å²) in [6.07, 6.45) is 6.24. The number of carbonyl (C=O) groups is 4. The third-order valence-corrected chi connectivity index (χ3v) is 7.23. The molecule has 38 heavy (non-hydrogen) atoms. The lowest BCUT2D eigenvalue weighted by atomic mass is 9.77. The van der Waals surface area contributed by atoms with Crippen LogP contribution in [-0.2, 0) is 19.1 Å². The third-order valence-electron chi connectivity index (χ3n) is 7.23. The highest BCUT2D eigenvalue weighted by atomic mass is 16.6. The second-order valence-corrected chi connectivity index (χ2v) is 12.3. The van der Waals surface area contributed by atoms with E-state index in [0.717, 1.165) is 77.8 Å². The molecule has 0 radical (unpaired) electrons. The molecule has 4 rings (SSSR count). The largest absolute Gasteiger partial charge is 0.473 e. The molecule has 0 aromatic heterocycles. The zero-order chi connectivity index (χ0) is 28.8. The molecule has 218 valence electrons. The van der Waals surface area contributed by atoms with Gasteiger partial charge in [-0.1, -0.05) is 0 Å². The van der Waals surface area contributed by atoms with Gasteiger partial charge >= 0.3 is 24.1 Å². The van der Waals surface area contributed by atoms with Gasteiger partial charge in [0.25, 0.3) is 0 Å². The van der Waals surface area contributed by atoms with Crippen molar-refractivity contribution in [2.24, 2.45) is 0 Å². The summed E-state index contributed by atoms with van der Waals surface area (Å²) in [4.78, 5) is 46.1. The Bertz CT molecular complexity index is 782. The number of carboxylic acids is 2. The van der Waals surface area contributed by atoms with Gasteiger partial charge in [-0.15, -0.1) is 0 Å². The van der Waals surface area contributed by atoms with E-state index in [4.69, 9.17) is 29.3 Å². The van der Waals surface area contributed by atoms with E-state index in [1.54, 1.807) is 0 Å². The SMILES string of the molecule is CC(C)(C)OC(=O)N1CCC12CCNCC2.CC(C)(C)OC(=O)N1CCC12CCNCC2.O=C(O)C(=O)O. The topological polar surface area (TPSA) is 158 Å². The summed E-state index contributed by atoms with van der Waals surface area (Å²) in [6.45, 7) is 17.3. The summed E-state index contributed by atoms with van der Waals surface area (Å²) < 4.78 is 10.9.